The second-order valence-electron chi connectivity index (χ2n) is 5.01. The third kappa shape index (κ3) is 2.07. The Morgan fingerprint density at radius 2 is 2.12 bits per heavy atom. The van der Waals surface area contributed by atoms with Crippen molar-refractivity contribution >= 4 is 5.65 Å². The number of fused-ring (bicyclic) bond motifs is 1. The van der Waals surface area contributed by atoms with E-state index in [4.69, 9.17) is 10.7 Å². The van der Waals surface area contributed by atoms with Gasteiger partial charge in [-0.15, -0.1) is 0 Å². The van der Waals surface area contributed by atoms with Crippen LogP contribution in [-0.2, 0) is 6.54 Å². The molecule has 0 saturated heterocycles. The molecule has 0 spiro atoms. The molecule has 0 bridgehead atoms. The maximum absolute atomic E-state index is 5.65. The van der Waals surface area contributed by atoms with E-state index in [0.29, 0.717) is 12.5 Å². The van der Waals surface area contributed by atoms with Crippen LogP contribution in [0.2, 0.25) is 0 Å². The van der Waals surface area contributed by atoms with Crippen molar-refractivity contribution in [1.29, 1.82) is 0 Å². The van der Waals surface area contributed by atoms with Gasteiger partial charge in [0.15, 0.2) is 0 Å². The van der Waals surface area contributed by atoms with Crippen molar-refractivity contribution in [1.82, 2.24) is 9.38 Å². The largest absolute Gasteiger partial charge is 0.326 e. The summed E-state index contributed by atoms with van der Waals surface area (Å²) in [6, 6.07) is 4.16. The Kier molecular flexibility index (Phi) is 2.85. The number of imidazole rings is 1. The van der Waals surface area contributed by atoms with Crippen LogP contribution in [0.1, 0.15) is 49.3 Å². The summed E-state index contributed by atoms with van der Waals surface area (Å²) in [7, 11) is 0. The highest BCUT2D eigenvalue weighted by molar-refractivity contribution is 5.43. The fraction of sp³-hybridized carbons (Fsp3) is 0.500. The first-order chi connectivity index (χ1) is 8.36. The molecule has 17 heavy (non-hydrogen) atoms. The first-order valence-corrected chi connectivity index (χ1v) is 6.54. The molecule has 1 aliphatic carbocycles. The van der Waals surface area contributed by atoms with Gasteiger partial charge in [-0.05, 0) is 30.5 Å². The van der Waals surface area contributed by atoms with Crippen molar-refractivity contribution in [2.75, 3.05) is 0 Å². The molecule has 0 aromatic carbocycles. The molecule has 0 unspecified atom stereocenters. The van der Waals surface area contributed by atoms with Gasteiger partial charge in [-0.2, -0.15) is 0 Å². The molecule has 1 aliphatic rings. The topological polar surface area (TPSA) is 43.3 Å². The molecule has 2 aromatic heterocycles. The predicted molar refractivity (Wildman–Crippen MR) is 68.9 cm³/mol. The van der Waals surface area contributed by atoms with Gasteiger partial charge < -0.3 is 10.1 Å². The molecule has 2 heterocycles. The SMILES string of the molecule is NCc1ccn2cc(C3CCCCC3)nc2c1. The summed E-state index contributed by atoms with van der Waals surface area (Å²) < 4.78 is 2.11. The third-order valence-electron chi connectivity index (χ3n) is 3.80. The molecule has 1 saturated carbocycles. The molecule has 0 aliphatic heterocycles. The Hall–Kier alpha value is -1.35. The highest BCUT2D eigenvalue weighted by Crippen LogP contribution is 2.32. The standard InChI is InChI=1S/C14H19N3/c15-9-11-6-7-17-10-13(16-14(17)8-11)12-4-2-1-3-5-12/h6-8,10,12H,1-5,9,15H2. The van der Waals surface area contributed by atoms with E-state index in [1.165, 1.54) is 37.8 Å². The molecular formula is C14H19N3. The van der Waals surface area contributed by atoms with Gasteiger partial charge in [0.05, 0.1) is 5.69 Å². The lowest BCUT2D eigenvalue weighted by molar-refractivity contribution is 0.438. The van der Waals surface area contributed by atoms with E-state index in [2.05, 4.69) is 28.9 Å². The molecule has 3 heteroatoms. The fourth-order valence-electron chi connectivity index (χ4n) is 2.77. The quantitative estimate of drug-likeness (QED) is 0.860. The van der Waals surface area contributed by atoms with Crippen molar-refractivity contribution in [3.63, 3.8) is 0 Å². The number of nitrogens with two attached hydrogens (primary N) is 1. The zero-order valence-electron chi connectivity index (χ0n) is 10.1. The Balaban J connectivity index is 1.95. The van der Waals surface area contributed by atoms with E-state index in [-0.39, 0.29) is 0 Å². The van der Waals surface area contributed by atoms with E-state index in [0.717, 1.165) is 11.2 Å². The first-order valence-electron chi connectivity index (χ1n) is 6.54. The average Bonchev–Trinajstić information content (AvgIpc) is 2.82. The van der Waals surface area contributed by atoms with E-state index in [1.54, 1.807) is 0 Å². The molecule has 1 fully saturated rings. The number of hydrogen-bond donors (Lipinski definition) is 1. The van der Waals surface area contributed by atoms with Crippen molar-refractivity contribution in [2.45, 2.75) is 44.6 Å². The van der Waals surface area contributed by atoms with Crippen LogP contribution in [0.4, 0.5) is 0 Å². The minimum absolute atomic E-state index is 0.585. The van der Waals surface area contributed by atoms with Crippen LogP contribution < -0.4 is 5.73 Å². The molecule has 0 radical (unpaired) electrons. The van der Waals surface area contributed by atoms with Crippen LogP contribution in [0.15, 0.2) is 24.5 Å². The van der Waals surface area contributed by atoms with Gasteiger partial charge in [0, 0.05) is 24.9 Å². The smallest absolute Gasteiger partial charge is 0.137 e. The number of aromatic nitrogens is 2. The van der Waals surface area contributed by atoms with Crippen molar-refractivity contribution in [3.05, 3.63) is 35.8 Å². The maximum atomic E-state index is 5.65. The summed E-state index contributed by atoms with van der Waals surface area (Å²) in [5.41, 5.74) is 9.10. The number of rotatable bonds is 2. The number of hydrogen-bond acceptors (Lipinski definition) is 2. The first kappa shape index (κ1) is 10.8. The summed E-state index contributed by atoms with van der Waals surface area (Å²) in [6.45, 7) is 0.585. The molecule has 2 N–H and O–H groups in total. The lowest BCUT2D eigenvalue weighted by Gasteiger charge is -2.19. The minimum atomic E-state index is 0.585. The second kappa shape index (κ2) is 4.49. The summed E-state index contributed by atoms with van der Waals surface area (Å²) in [5, 5.41) is 0. The molecule has 0 amide bonds. The van der Waals surface area contributed by atoms with E-state index in [9.17, 15) is 0 Å². The third-order valence-corrected chi connectivity index (χ3v) is 3.80. The van der Waals surface area contributed by atoms with Crippen LogP contribution in [0.25, 0.3) is 5.65 Å². The van der Waals surface area contributed by atoms with Gasteiger partial charge in [0.2, 0.25) is 0 Å². The predicted octanol–water partition coefficient (Wildman–Crippen LogP) is 2.84. The van der Waals surface area contributed by atoms with Crippen LogP contribution in [0, 0.1) is 0 Å². The summed E-state index contributed by atoms with van der Waals surface area (Å²) in [6.07, 6.45) is 10.9. The maximum Gasteiger partial charge on any atom is 0.137 e. The molecule has 3 rings (SSSR count). The van der Waals surface area contributed by atoms with Gasteiger partial charge in [-0.25, -0.2) is 4.98 Å². The van der Waals surface area contributed by atoms with Crippen LogP contribution in [-0.4, -0.2) is 9.38 Å². The summed E-state index contributed by atoms with van der Waals surface area (Å²) >= 11 is 0. The van der Waals surface area contributed by atoms with E-state index < -0.39 is 0 Å². The summed E-state index contributed by atoms with van der Waals surface area (Å²) in [5.74, 6) is 0.671. The van der Waals surface area contributed by atoms with Crippen molar-refractivity contribution in [3.8, 4) is 0 Å². The molecule has 2 aromatic rings. The minimum Gasteiger partial charge on any atom is -0.326 e. The van der Waals surface area contributed by atoms with E-state index in [1.807, 2.05) is 0 Å². The van der Waals surface area contributed by atoms with Crippen LogP contribution in [0.5, 0.6) is 0 Å². The molecular weight excluding hydrogens is 210 g/mol. The van der Waals surface area contributed by atoms with Gasteiger partial charge in [-0.3, -0.25) is 0 Å². The second-order valence-corrected chi connectivity index (χ2v) is 5.01. The Morgan fingerprint density at radius 1 is 1.29 bits per heavy atom. The highest BCUT2D eigenvalue weighted by Gasteiger charge is 2.18. The Labute approximate surface area is 102 Å². The van der Waals surface area contributed by atoms with Gasteiger partial charge in [-0.1, -0.05) is 19.3 Å². The van der Waals surface area contributed by atoms with Gasteiger partial charge >= 0.3 is 0 Å². The van der Waals surface area contributed by atoms with E-state index >= 15 is 0 Å². The van der Waals surface area contributed by atoms with Crippen LogP contribution in [0.3, 0.4) is 0 Å². The normalized spacial score (nSPS) is 17.7. The van der Waals surface area contributed by atoms with Gasteiger partial charge in [0.1, 0.15) is 5.65 Å². The molecule has 0 atom stereocenters. The number of nitrogens with zero attached hydrogens (tertiary/aromatic N) is 2. The molecule has 90 valence electrons. The lowest BCUT2D eigenvalue weighted by Crippen LogP contribution is -2.04. The fourth-order valence-corrected chi connectivity index (χ4v) is 2.77. The zero-order valence-corrected chi connectivity index (χ0v) is 10.1. The van der Waals surface area contributed by atoms with Crippen LogP contribution >= 0.6 is 0 Å². The number of pyridine rings is 1. The molecule has 3 nitrogen and oxygen atoms in total. The lowest BCUT2D eigenvalue weighted by atomic mass is 9.87. The van der Waals surface area contributed by atoms with Gasteiger partial charge in [0.25, 0.3) is 0 Å². The zero-order chi connectivity index (χ0) is 11.7. The highest BCUT2D eigenvalue weighted by atomic mass is 15.0. The Morgan fingerprint density at radius 3 is 2.88 bits per heavy atom. The Bertz CT molecular complexity index is 509. The monoisotopic (exact) mass is 229 g/mol. The summed E-state index contributed by atoms with van der Waals surface area (Å²) in [4.78, 5) is 4.75. The van der Waals surface area contributed by atoms with Crippen molar-refractivity contribution in [2.24, 2.45) is 5.73 Å². The van der Waals surface area contributed by atoms with Crippen molar-refractivity contribution < 1.29 is 0 Å². The average molecular weight is 229 g/mol.